The van der Waals surface area contributed by atoms with Crippen LogP contribution in [0.5, 0.6) is 11.5 Å². The molecule has 1 aromatic carbocycles. The molecule has 0 atom stereocenters. The second-order valence-corrected chi connectivity index (χ2v) is 4.82. The van der Waals surface area contributed by atoms with Crippen molar-refractivity contribution in [3.8, 4) is 11.5 Å². The molecule has 20 heavy (non-hydrogen) atoms. The smallest absolute Gasteiger partial charge is 0.194 e. The van der Waals surface area contributed by atoms with Gasteiger partial charge in [-0.3, -0.25) is 4.79 Å². The Bertz CT molecular complexity index is 477. The molecule has 2 rings (SSSR count). The zero-order chi connectivity index (χ0) is 14.6. The predicted octanol–water partition coefficient (Wildman–Crippen LogP) is 3.24. The third-order valence-corrected chi connectivity index (χ3v) is 3.78. The predicted molar refractivity (Wildman–Crippen MR) is 76.7 cm³/mol. The standard InChI is InChI=1S/C16H22O4/c1-4-16(5-2,20-6-3)15(17)12-7-8-13-14(11-12)19-10-9-18-13/h7-8,11H,4-6,9-10H2,1-3H3. The quantitative estimate of drug-likeness (QED) is 0.749. The maximum absolute atomic E-state index is 12.8. The lowest BCUT2D eigenvalue weighted by atomic mass is 9.87. The Morgan fingerprint density at radius 1 is 1.15 bits per heavy atom. The maximum Gasteiger partial charge on any atom is 0.194 e. The van der Waals surface area contributed by atoms with Crippen molar-refractivity contribution in [1.29, 1.82) is 0 Å². The van der Waals surface area contributed by atoms with Crippen LogP contribution in [0.4, 0.5) is 0 Å². The van der Waals surface area contributed by atoms with Crippen LogP contribution in [0.25, 0.3) is 0 Å². The number of hydrogen-bond donors (Lipinski definition) is 0. The molecule has 1 aliphatic heterocycles. The van der Waals surface area contributed by atoms with E-state index >= 15 is 0 Å². The van der Waals surface area contributed by atoms with E-state index in [9.17, 15) is 4.79 Å². The van der Waals surface area contributed by atoms with Crippen LogP contribution in [0.1, 0.15) is 44.0 Å². The molecule has 0 spiro atoms. The van der Waals surface area contributed by atoms with Gasteiger partial charge in [0.15, 0.2) is 17.3 Å². The van der Waals surface area contributed by atoms with E-state index < -0.39 is 5.60 Å². The fourth-order valence-electron chi connectivity index (χ4n) is 2.56. The number of carbonyl (C=O) groups is 1. The lowest BCUT2D eigenvalue weighted by Gasteiger charge is -2.30. The van der Waals surface area contributed by atoms with Gasteiger partial charge in [0, 0.05) is 12.2 Å². The molecule has 1 heterocycles. The summed E-state index contributed by atoms with van der Waals surface area (Å²) in [4.78, 5) is 12.8. The summed E-state index contributed by atoms with van der Waals surface area (Å²) in [7, 11) is 0. The van der Waals surface area contributed by atoms with Crippen molar-refractivity contribution in [2.45, 2.75) is 39.2 Å². The molecular weight excluding hydrogens is 256 g/mol. The number of fused-ring (bicyclic) bond motifs is 1. The summed E-state index contributed by atoms with van der Waals surface area (Å²) in [5.41, 5.74) is -0.121. The van der Waals surface area contributed by atoms with Crippen LogP contribution in [0.3, 0.4) is 0 Å². The van der Waals surface area contributed by atoms with E-state index in [2.05, 4.69) is 0 Å². The summed E-state index contributed by atoms with van der Waals surface area (Å²) in [5, 5.41) is 0. The number of rotatable bonds is 6. The average Bonchev–Trinajstić information content (AvgIpc) is 2.51. The van der Waals surface area contributed by atoms with Gasteiger partial charge >= 0.3 is 0 Å². The number of carbonyl (C=O) groups excluding carboxylic acids is 1. The number of ether oxygens (including phenoxy) is 3. The Hall–Kier alpha value is -1.55. The van der Waals surface area contributed by atoms with Gasteiger partial charge in [-0.25, -0.2) is 0 Å². The highest BCUT2D eigenvalue weighted by atomic mass is 16.6. The van der Waals surface area contributed by atoms with Gasteiger partial charge in [0.2, 0.25) is 0 Å². The van der Waals surface area contributed by atoms with Crippen LogP contribution in [0.2, 0.25) is 0 Å². The molecule has 0 saturated carbocycles. The number of benzene rings is 1. The molecule has 110 valence electrons. The minimum Gasteiger partial charge on any atom is -0.486 e. The molecule has 0 bridgehead atoms. The largest absolute Gasteiger partial charge is 0.486 e. The van der Waals surface area contributed by atoms with Gasteiger partial charge in [-0.15, -0.1) is 0 Å². The van der Waals surface area contributed by atoms with Gasteiger partial charge in [-0.1, -0.05) is 13.8 Å². The average molecular weight is 278 g/mol. The summed E-state index contributed by atoms with van der Waals surface area (Å²) < 4.78 is 16.8. The molecule has 0 aliphatic carbocycles. The SMILES string of the molecule is CCOC(CC)(CC)C(=O)c1ccc2c(c1)OCCO2. The normalized spacial score (nSPS) is 14.2. The fourth-order valence-corrected chi connectivity index (χ4v) is 2.56. The molecule has 0 fully saturated rings. The molecular formula is C16H22O4. The Labute approximate surface area is 120 Å². The third kappa shape index (κ3) is 2.66. The Balaban J connectivity index is 2.32. The summed E-state index contributed by atoms with van der Waals surface area (Å²) in [5.74, 6) is 1.35. The minimum absolute atomic E-state index is 0.0151. The van der Waals surface area contributed by atoms with E-state index in [4.69, 9.17) is 14.2 Å². The Morgan fingerprint density at radius 3 is 2.40 bits per heavy atom. The number of ketones is 1. The molecule has 0 N–H and O–H groups in total. The van der Waals surface area contributed by atoms with Gasteiger partial charge in [0.25, 0.3) is 0 Å². The molecule has 0 radical (unpaired) electrons. The van der Waals surface area contributed by atoms with E-state index in [0.717, 1.165) is 0 Å². The van der Waals surface area contributed by atoms with Crippen molar-refractivity contribution in [3.05, 3.63) is 23.8 Å². The Morgan fingerprint density at radius 2 is 1.80 bits per heavy atom. The fraction of sp³-hybridized carbons (Fsp3) is 0.562. The maximum atomic E-state index is 12.8. The highest BCUT2D eigenvalue weighted by molar-refractivity contribution is 6.03. The molecule has 0 aromatic heterocycles. The number of Topliss-reactive ketones (excluding diaryl/α,β-unsaturated/α-hetero) is 1. The first kappa shape index (κ1) is 14.9. The third-order valence-electron chi connectivity index (χ3n) is 3.78. The molecule has 1 aliphatic rings. The lowest BCUT2D eigenvalue weighted by molar-refractivity contribution is -0.0250. The van der Waals surface area contributed by atoms with Gasteiger partial charge in [0.05, 0.1) is 0 Å². The molecule has 0 unspecified atom stereocenters. The van der Waals surface area contributed by atoms with E-state index in [1.807, 2.05) is 20.8 Å². The molecule has 0 saturated heterocycles. The summed E-state index contributed by atoms with van der Waals surface area (Å²) in [6.45, 7) is 7.47. The lowest BCUT2D eigenvalue weighted by Crippen LogP contribution is -2.40. The molecule has 4 heteroatoms. The Kier molecular flexibility index (Phi) is 4.65. The van der Waals surface area contributed by atoms with Crippen molar-refractivity contribution in [2.75, 3.05) is 19.8 Å². The van der Waals surface area contributed by atoms with Crippen LogP contribution in [0, 0.1) is 0 Å². The minimum atomic E-state index is -0.738. The first-order valence-electron chi connectivity index (χ1n) is 7.25. The number of hydrogen-bond acceptors (Lipinski definition) is 4. The van der Waals surface area contributed by atoms with Crippen molar-refractivity contribution in [2.24, 2.45) is 0 Å². The summed E-state index contributed by atoms with van der Waals surface area (Å²) in [6, 6.07) is 5.34. The molecule has 0 amide bonds. The topological polar surface area (TPSA) is 44.8 Å². The van der Waals surface area contributed by atoms with Crippen LogP contribution in [-0.2, 0) is 4.74 Å². The van der Waals surface area contributed by atoms with E-state index in [1.165, 1.54) is 0 Å². The van der Waals surface area contributed by atoms with Crippen molar-refractivity contribution < 1.29 is 19.0 Å². The van der Waals surface area contributed by atoms with Gasteiger partial charge in [-0.05, 0) is 38.0 Å². The van der Waals surface area contributed by atoms with Crippen LogP contribution in [-0.4, -0.2) is 31.2 Å². The monoisotopic (exact) mass is 278 g/mol. The molecule has 1 aromatic rings. The zero-order valence-electron chi connectivity index (χ0n) is 12.4. The van der Waals surface area contributed by atoms with E-state index in [-0.39, 0.29) is 5.78 Å². The first-order valence-corrected chi connectivity index (χ1v) is 7.25. The van der Waals surface area contributed by atoms with Crippen molar-refractivity contribution in [1.82, 2.24) is 0 Å². The van der Waals surface area contributed by atoms with E-state index in [1.54, 1.807) is 18.2 Å². The van der Waals surface area contributed by atoms with Gasteiger partial charge < -0.3 is 14.2 Å². The van der Waals surface area contributed by atoms with Gasteiger partial charge in [0.1, 0.15) is 18.8 Å². The second-order valence-electron chi connectivity index (χ2n) is 4.82. The van der Waals surface area contributed by atoms with Gasteiger partial charge in [-0.2, -0.15) is 0 Å². The molecule has 4 nitrogen and oxygen atoms in total. The summed E-state index contributed by atoms with van der Waals surface area (Å²) in [6.07, 6.45) is 1.31. The second kappa shape index (κ2) is 6.27. The van der Waals surface area contributed by atoms with Crippen molar-refractivity contribution in [3.63, 3.8) is 0 Å². The van der Waals surface area contributed by atoms with Crippen LogP contribution >= 0.6 is 0 Å². The van der Waals surface area contributed by atoms with Crippen LogP contribution < -0.4 is 9.47 Å². The van der Waals surface area contributed by atoms with Crippen molar-refractivity contribution >= 4 is 5.78 Å². The first-order chi connectivity index (χ1) is 9.66. The van der Waals surface area contributed by atoms with Crippen LogP contribution in [0.15, 0.2) is 18.2 Å². The summed E-state index contributed by atoms with van der Waals surface area (Å²) >= 11 is 0. The highest BCUT2D eigenvalue weighted by Crippen LogP contribution is 2.33. The van der Waals surface area contributed by atoms with E-state index in [0.29, 0.717) is 49.7 Å². The zero-order valence-corrected chi connectivity index (χ0v) is 12.4. The highest BCUT2D eigenvalue weighted by Gasteiger charge is 2.36.